The maximum atomic E-state index is 12.9. The Balaban J connectivity index is 1.72. The zero-order valence-electron chi connectivity index (χ0n) is 14.0. The Hall–Kier alpha value is -3.06. The van der Waals surface area contributed by atoms with Gasteiger partial charge in [-0.25, -0.2) is 5.01 Å². The highest BCUT2D eigenvalue weighted by Gasteiger charge is 2.35. The summed E-state index contributed by atoms with van der Waals surface area (Å²) >= 11 is 1.58. The fraction of sp³-hybridized carbons (Fsp3) is 0.158. The Bertz CT molecular complexity index is 948. The maximum Gasteiger partial charge on any atom is 0.310 e. The predicted molar refractivity (Wildman–Crippen MR) is 97.8 cm³/mol. The zero-order valence-corrected chi connectivity index (χ0v) is 14.8. The van der Waals surface area contributed by atoms with Crippen LogP contribution in [0.4, 0.5) is 0 Å². The number of carbonyl (C=O) groups is 1. The molecule has 1 N–H and O–H groups in total. The van der Waals surface area contributed by atoms with Crippen LogP contribution < -0.4 is 4.74 Å². The summed E-state index contributed by atoms with van der Waals surface area (Å²) in [5.74, 6) is 0.317. The van der Waals surface area contributed by atoms with Gasteiger partial charge in [0.2, 0.25) is 0 Å². The molecule has 1 aliphatic rings. The highest BCUT2D eigenvalue weighted by atomic mass is 32.1. The lowest BCUT2D eigenvalue weighted by atomic mass is 9.99. The molecule has 1 aromatic carbocycles. The summed E-state index contributed by atoms with van der Waals surface area (Å²) < 4.78 is 10.4. The second-order valence-electron chi connectivity index (χ2n) is 5.84. The van der Waals surface area contributed by atoms with E-state index in [9.17, 15) is 9.90 Å². The lowest BCUT2D eigenvalue weighted by Crippen LogP contribution is -2.26. The average Bonchev–Trinajstić information content (AvgIpc) is 3.42. The van der Waals surface area contributed by atoms with Gasteiger partial charge in [-0.2, -0.15) is 16.4 Å². The van der Waals surface area contributed by atoms with Crippen LogP contribution in [0.5, 0.6) is 11.5 Å². The van der Waals surface area contributed by atoms with Crippen LogP contribution in [-0.4, -0.2) is 28.8 Å². The smallest absolute Gasteiger partial charge is 0.310 e. The molecule has 3 heterocycles. The number of methoxy groups -OCH3 is 1. The summed E-state index contributed by atoms with van der Waals surface area (Å²) in [4.78, 5) is 12.9. The molecule has 26 heavy (non-hydrogen) atoms. The number of carbonyl (C=O) groups excluding carboxylic acids is 1. The van der Waals surface area contributed by atoms with Crippen molar-refractivity contribution < 1.29 is 19.1 Å². The van der Waals surface area contributed by atoms with Gasteiger partial charge in [0.15, 0.2) is 17.3 Å². The molecule has 132 valence electrons. The van der Waals surface area contributed by atoms with E-state index in [0.717, 1.165) is 16.8 Å². The van der Waals surface area contributed by atoms with Crippen molar-refractivity contribution in [2.45, 2.75) is 12.5 Å². The molecule has 0 saturated heterocycles. The van der Waals surface area contributed by atoms with Gasteiger partial charge in [0.05, 0.1) is 25.1 Å². The molecular formula is C19H16N2O4S. The van der Waals surface area contributed by atoms with Gasteiger partial charge < -0.3 is 14.3 Å². The number of nitrogens with zero attached hydrogens (tertiary/aromatic N) is 2. The summed E-state index contributed by atoms with van der Waals surface area (Å²) in [6, 6.07) is 10.1. The molecule has 0 bridgehead atoms. The number of hydrogen-bond donors (Lipinski definition) is 1. The molecule has 0 spiro atoms. The van der Waals surface area contributed by atoms with Gasteiger partial charge in [0, 0.05) is 12.0 Å². The summed E-state index contributed by atoms with van der Waals surface area (Å²) in [6.07, 6.45) is 2.01. The Morgan fingerprint density at radius 3 is 2.92 bits per heavy atom. The first-order valence-corrected chi connectivity index (χ1v) is 8.95. The number of furan rings is 1. The van der Waals surface area contributed by atoms with E-state index in [-0.39, 0.29) is 23.5 Å². The van der Waals surface area contributed by atoms with E-state index < -0.39 is 0 Å². The van der Waals surface area contributed by atoms with Crippen molar-refractivity contribution in [1.82, 2.24) is 5.01 Å². The van der Waals surface area contributed by atoms with Crippen LogP contribution in [0, 0.1) is 0 Å². The molecule has 7 heteroatoms. The lowest BCUT2D eigenvalue weighted by molar-refractivity contribution is 0.0678. The van der Waals surface area contributed by atoms with Gasteiger partial charge in [0.1, 0.15) is 0 Å². The SMILES string of the molecule is COc1ccc(C2CC(c3ccsc3)=NN2C(=O)c2ccco2)cc1O. The van der Waals surface area contributed by atoms with E-state index in [1.165, 1.54) is 18.4 Å². The first kappa shape index (κ1) is 16.4. The van der Waals surface area contributed by atoms with Gasteiger partial charge in [-0.3, -0.25) is 4.79 Å². The van der Waals surface area contributed by atoms with Gasteiger partial charge in [-0.1, -0.05) is 6.07 Å². The number of phenols is 1. The molecule has 1 unspecified atom stereocenters. The third kappa shape index (κ3) is 2.86. The third-order valence-electron chi connectivity index (χ3n) is 4.29. The van der Waals surface area contributed by atoms with E-state index in [0.29, 0.717) is 12.2 Å². The Morgan fingerprint density at radius 2 is 2.27 bits per heavy atom. The average molecular weight is 368 g/mol. The molecule has 1 aliphatic heterocycles. The fourth-order valence-electron chi connectivity index (χ4n) is 2.99. The molecule has 1 atom stereocenters. The number of hydrazone groups is 1. The Morgan fingerprint density at radius 1 is 1.38 bits per heavy atom. The molecule has 0 aliphatic carbocycles. The van der Waals surface area contributed by atoms with Crippen LogP contribution in [0.15, 0.2) is 62.9 Å². The van der Waals surface area contributed by atoms with Crippen molar-refractivity contribution in [3.63, 3.8) is 0 Å². The third-order valence-corrected chi connectivity index (χ3v) is 4.98. The first-order valence-electron chi connectivity index (χ1n) is 8.01. The van der Waals surface area contributed by atoms with E-state index in [1.807, 2.05) is 22.9 Å². The van der Waals surface area contributed by atoms with Gasteiger partial charge in [-0.15, -0.1) is 0 Å². The normalized spacial score (nSPS) is 16.6. The minimum Gasteiger partial charge on any atom is -0.504 e. The van der Waals surface area contributed by atoms with E-state index in [2.05, 4.69) is 5.10 Å². The summed E-state index contributed by atoms with van der Waals surface area (Å²) in [7, 11) is 1.49. The van der Waals surface area contributed by atoms with E-state index in [1.54, 1.807) is 35.6 Å². The van der Waals surface area contributed by atoms with Crippen molar-refractivity contribution in [3.8, 4) is 11.5 Å². The highest BCUT2D eigenvalue weighted by molar-refractivity contribution is 7.08. The number of thiophene rings is 1. The molecule has 4 rings (SSSR count). The summed E-state index contributed by atoms with van der Waals surface area (Å²) in [6.45, 7) is 0. The van der Waals surface area contributed by atoms with Gasteiger partial charge >= 0.3 is 5.91 Å². The zero-order chi connectivity index (χ0) is 18.1. The minimum atomic E-state index is -0.334. The number of benzene rings is 1. The van der Waals surface area contributed by atoms with Crippen LogP contribution in [0.1, 0.15) is 34.1 Å². The molecule has 0 radical (unpaired) electrons. The van der Waals surface area contributed by atoms with Crippen LogP contribution in [0.2, 0.25) is 0 Å². The Kier molecular flexibility index (Phi) is 4.22. The van der Waals surface area contributed by atoms with Crippen LogP contribution >= 0.6 is 11.3 Å². The lowest BCUT2D eigenvalue weighted by Gasteiger charge is -2.21. The number of aromatic hydroxyl groups is 1. The van der Waals surface area contributed by atoms with E-state index >= 15 is 0 Å². The van der Waals surface area contributed by atoms with Crippen molar-refractivity contribution in [2.75, 3.05) is 7.11 Å². The molecule has 6 nitrogen and oxygen atoms in total. The molecule has 1 amide bonds. The first-order chi connectivity index (χ1) is 12.7. The number of amides is 1. The van der Waals surface area contributed by atoms with Crippen molar-refractivity contribution in [2.24, 2.45) is 5.10 Å². The fourth-order valence-corrected chi connectivity index (χ4v) is 3.65. The largest absolute Gasteiger partial charge is 0.504 e. The highest BCUT2D eigenvalue weighted by Crippen LogP contribution is 2.37. The number of rotatable bonds is 4. The van der Waals surface area contributed by atoms with Crippen molar-refractivity contribution >= 4 is 23.0 Å². The second kappa shape index (κ2) is 6.68. The number of phenolic OH excluding ortho intramolecular Hbond substituents is 1. The van der Waals surface area contributed by atoms with Gasteiger partial charge in [0.25, 0.3) is 0 Å². The monoisotopic (exact) mass is 368 g/mol. The van der Waals surface area contributed by atoms with E-state index in [4.69, 9.17) is 9.15 Å². The molecular weight excluding hydrogens is 352 g/mol. The standard InChI is InChI=1S/C19H16N2O4S/c1-24-17-5-4-12(9-16(17)22)15-10-14(13-6-8-26-11-13)20-21(15)19(23)18-3-2-7-25-18/h2-9,11,15,22H,10H2,1H3. The second-order valence-corrected chi connectivity index (χ2v) is 6.62. The van der Waals surface area contributed by atoms with Crippen LogP contribution in [-0.2, 0) is 0 Å². The number of ether oxygens (including phenoxy) is 1. The topological polar surface area (TPSA) is 75.3 Å². The quantitative estimate of drug-likeness (QED) is 0.754. The van der Waals surface area contributed by atoms with Gasteiger partial charge in [-0.05, 0) is 46.7 Å². The minimum absolute atomic E-state index is 0.0272. The summed E-state index contributed by atoms with van der Waals surface area (Å²) in [5, 5.41) is 20.1. The molecule has 3 aromatic rings. The predicted octanol–water partition coefficient (Wildman–Crippen LogP) is 4.05. The maximum absolute atomic E-state index is 12.9. The Labute approximate surface area is 153 Å². The van der Waals surface area contributed by atoms with Crippen LogP contribution in [0.25, 0.3) is 0 Å². The summed E-state index contributed by atoms with van der Waals surface area (Å²) in [5.41, 5.74) is 2.59. The molecule has 0 fully saturated rings. The van der Waals surface area contributed by atoms with Crippen molar-refractivity contribution in [1.29, 1.82) is 0 Å². The van der Waals surface area contributed by atoms with Crippen molar-refractivity contribution in [3.05, 3.63) is 70.3 Å². The number of hydrogen-bond acceptors (Lipinski definition) is 6. The van der Waals surface area contributed by atoms with Crippen LogP contribution in [0.3, 0.4) is 0 Å². The molecule has 2 aromatic heterocycles. The molecule has 0 saturated carbocycles.